The molecule has 1 rings (SSSR count). The van der Waals surface area contributed by atoms with Gasteiger partial charge >= 0.3 is 0 Å². The molecule has 0 amide bonds. The van der Waals surface area contributed by atoms with E-state index in [-0.39, 0.29) is 0 Å². The van der Waals surface area contributed by atoms with Gasteiger partial charge in [0, 0.05) is 12.7 Å². The predicted molar refractivity (Wildman–Crippen MR) is 38.9 cm³/mol. The molecule has 0 aromatic carbocycles. The minimum atomic E-state index is 0.632. The first-order valence-electron chi connectivity index (χ1n) is 3.32. The van der Waals surface area contributed by atoms with Crippen molar-refractivity contribution in [1.82, 2.24) is 15.2 Å². The fraction of sp³-hybridized carbons (Fsp3) is 0.500. The van der Waals surface area contributed by atoms with E-state index in [4.69, 9.17) is 5.84 Å². The van der Waals surface area contributed by atoms with Crippen LogP contribution < -0.4 is 11.3 Å². The van der Waals surface area contributed by atoms with E-state index in [1.54, 1.807) is 0 Å². The summed E-state index contributed by atoms with van der Waals surface area (Å²) in [6.45, 7) is 3.59. The number of aromatic nitrogens is 2. The van der Waals surface area contributed by atoms with Crippen LogP contribution in [0.1, 0.15) is 12.6 Å². The van der Waals surface area contributed by atoms with Crippen LogP contribution in [0.4, 0.5) is 0 Å². The summed E-state index contributed by atoms with van der Waals surface area (Å²) in [5, 5.41) is 4.19. The van der Waals surface area contributed by atoms with Gasteiger partial charge in [0.05, 0.1) is 12.2 Å². The van der Waals surface area contributed by atoms with E-state index < -0.39 is 0 Å². The Kier molecular flexibility index (Phi) is 2.42. The predicted octanol–water partition coefficient (Wildman–Crippen LogP) is -0.134. The normalized spacial score (nSPS) is 10.2. The van der Waals surface area contributed by atoms with Crippen LogP contribution in [0.5, 0.6) is 0 Å². The summed E-state index contributed by atoms with van der Waals surface area (Å²) in [6, 6.07) is 1.95. The molecule has 0 aliphatic heterocycles. The van der Waals surface area contributed by atoms with E-state index >= 15 is 0 Å². The standard InChI is InChI=1S/C6H12N4/c1-2-10-4-3-6(9-10)5-8-7/h3-4,8H,2,5,7H2,1H3. The van der Waals surface area contributed by atoms with Gasteiger partial charge in [-0.25, -0.2) is 0 Å². The molecule has 1 heterocycles. The molecule has 0 aliphatic rings. The molecule has 1 aromatic rings. The summed E-state index contributed by atoms with van der Waals surface area (Å²) in [4.78, 5) is 0. The van der Waals surface area contributed by atoms with Crippen LogP contribution in [-0.2, 0) is 13.1 Å². The molecule has 0 aliphatic carbocycles. The summed E-state index contributed by atoms with van der Waals surface area (Å²) >= 11 is 0. The van der Waals surface area contributed by atoms with Gasteiger partial charge in [-0.15, -0.1) is 0 Å². The SMILES string of the molecule is CCn1ccc(CNN)n1. The van der Waals surface area contributed by atoms with Crippen molar-refractivity contribution in [3.8, 4) is 0 Å². The third-order valence-corrected chi connectivity index (χ3v) is 1.30. The Hall–Kier alpha value is -0.870. The molecular weight excluding hydrogens is 128 g/mol. The highest BCUT2D eigenvalue weighted by Crippen LogP contribution is 1.93. The fourth-order valence-electron chi connectivity index (χ4n) is 0.779. The van der Waals surface area contributed by atoms with Crippen molar-refractivity contribution in [2.24, 2.45) is 5.84 Å². The monoisotopic (exact) mass is 140 g/mol. The molecule has 0 radical (unpaired) electrons. The third-order valence-electron chi connectivity index (χ3n) is 1.30. The zero-order valence-electron chi connectivity index (χ0n) is 6.04. The Bertz CT molecular complexity index is 193. The minimum absolute atomic E-state index is 0.632. The molecule has 56 valence electrons. The largest absolute Gasteiger partial charge is 0.273 e. The zero-order valence-corrected chi connectivity index (χ0v) is 6.04. The lowest BCUT2D eigenvalue weighted by Gasteiger charge is -1.93. The van der Waals surface area contributed by atoms with Gasteiger partial charge in [-0.3, -0.25) is 16.0 Å². The van der Waals surface area contributed by atoms with Crippen LogP contribution in [0.2, 0.25) is 0 Å². The van der Waals surface area contributed by atoms with Crippen LogP contribution in [0.3, 0.4) is 0 Å². The van der Waals surface area contributed by atoms with Gasteiger partial charge in [0.1, 0.15) is 0 Å². The third kappa shape index (κ3) is 1.55. The van der Waals surface area contributed by atoms with Crippen molar-refractivity contribution in [2.75, 3.05) is 0 Å². The van der Waals surface area contributed by atoms with Gasteiger partial charge in [-0.1, -0.05) is 0 Å². The number of nitrogens with zero attached hydrogens (tertiary/aromatic N) is 2. The molecule has 4 heteroatoms. The summed E-state index contributed by atoms with van der Waals surface area (Å²) in [7, 11) is 0. The fourth-order valence-corrected chi connectivity index (χ4v) is 0.779. The van der Waals surface area contributed by atoms with Crippen LogP contribution >= 0.6 is 0 Å². The van der Waals surface area contributed by atoms with Gasteiger partial charge < -0.3 is 0 Å². The van der Waals surface area contributed by atoms with Crippen LogP contribution in [0.15, 0.2) is 12.3 Å². The Balaban J connectivity index is 2.59. The summed E-state index contributed by atoms with van der Waals surface area (Å²) < 4.78 is 1.87. The molecule has 0 spiro atoms. The smallest absolute Gasteiger partial charge is 0.0776 e. The molecule has 10 heavy (non-hydrogen) atoms. The lowest BCUT2D eigenvalue weighted by molar-refractivity contribution is 0.629. The highest BCUT2D eigenvalue weighted by molar-refractivity contribution is 4.97. The number of hydrogen-bond acceptors (Lipinski definition) is 3. The van der Waals surface area contributed by atoms with Gasteiger partial charge in [0.2, 0.25) is 0 Å². The number of nitrogens with one attached hydrogen (secondary N) is 1. The average molecular weight is 140 g/mol. The van der Waals surface area contributed by atoms with E-state index in [2.05, 4.69) is 10.5 Å². The van der Waals surface area contributed by atoms with Crippen molar-refractivity contribution >= 4 is 0 Å². The first-order valence-corrected chi connectivity index (χ1v) is 3.32. The highest BCUT2D eigenvalue weighted by atomic mass is 15.3. The molecule has 0 fully saturated rings. The first-order chi connectivity index (χ1) is 4.86. The Morgan fingerprint density at radius 3 is 3.10 bits per heavy atom. The molecule has 0 saturated carbocycles. The van der Waals surface area contributed by atoms with E-state index in [1.807, 2.05) is 23.9 Å². The lowest BCUT2D eigenvalue weighted by atomic mass is 10.4. The maximum atomic E-state index is 5.11. The number of rotatable bonds is 3. The number of nitrogens with two attached hydrogens (primary N) is 1. The van der Waals surface area contributed by atoms with Crippen LogP contribution in [0.25, 0.3) is 0 Å². The molecule has 0 atom stereocenters. The quantitative estimate of drug-likeness (QED) is 0.454. The number of aryl methyl sites for hydroxylation is 1. The van der Waals surface area contributed by atoms with Gasteiger partial charge in [0.25, 0.3) is 0 Å². The highest BCUT2D eigenvalue weighted by Gasteiger charge is 1.93. The maximum Gasteiger partial charge on any atom is 0.0776 e. The van der Waals surface area contributed by atoms with Gasteiger partial charge in [0.15, 0.2) is 0 Å². The lowest BCUT2D eigenvalue weighted by Crippen LogP contribution is -2.21. The van der Waals surface area contributed by atoms with Crippen molar-refractivity contribution in [3.05, 3.63) is 18.0 Å². The van der Waals surface area contributed by atoms with Crippen molar-refractivity contribution in [3.63, 3.8) is 0 Å². The number of hydrogen-bond donors (Lipinski definition) is 2. The Morgan fingerprint density at radius 1 is 1.80 bits per heavy atom. The summed E-state index contributed by atoms with van der Waals surface area (Å²) in [5.74, 6) is 5.11. The van der Waals surface area contributed by atoms with E-state index in [0.717, 1.165) is 12.2 Å². The van der Waals surface area contributed by atoms with E-state index in [0.29, 0.717) is 6.54 Å². The molecule has 1 aromatic heterocycles. The molecule has 0 bridgehead atoms. The zero-order chi connectivity index (χ0) is 7.40. The number of hydrazine groups is 1. The maximum absolute atomic E-state index is 5.11. The van der Waals surface area contributed by atoms with Crippen LogP contribution in [0, 0.1) is 0 Å². The first kappa shape index (κ1) is 7.24. The van der Waals surface area contributed by atoms with Gasteiger partial charge in [-0.05, 0) is 13.0 Å². The summed E-state index contributed by atoms with van der Waals surface area (Å²) in [6.07, 6.45) is 1.94. The van der Waals surface area contributed by atoms with E-state index in [1.165, 1.54) is 0 Å². The topological polar surface area (TPSA) is 55.9 Å². The second kappa shape index (κ2) is 3.34. The van der Waals surface area contributed by atoms with E-state index in [9.17, 15) is 0 Å². The second-order valence-corrected chi connectivity index (χ2v) is 2.04. The minimum Gasteiger partial charge on any atom is -0.273 e. The van der Waals surface area contributed by atoms with Crippen molar-refractivity contribution in [1.29, 1.82) is 0 Å². The average Bonchev–Trinajstić information content (AvgIpc) is 2.37. The molecule has 0 unspecified atom stereocenters. The molecule has 3 N–H and O–H groups in total. The summed E-state index contributed by atoms with van der Waals surface area (Å²) in [5.41, 5.74) is 3.52. The van der Waals surface area contributed by atoms with Crippen molar-refractivity contribution in [2.45, 2.75) is 20.0 Å². The van der Waals surface area contributed by atoms with Crippen molar-refractivity contribution < 1.29 is 0 Å². The molecular formula is C6H12N4. The van der Waals surface area contributed by atoms with Crippen LogP contribution in [-0.4, -0.2) is 9.78 Å². The molecule has 0 saturated heterocycles. The Labute approximate surface area is 60.0 Å². The van der Waals surface area contributed by atoms with Gasteiger partial charge in [-0.2, -0.15) is 5.10 Å². The Morgan fingerprint density at radius 2 is 2.60 bits per heavy atom. The molecule has 4 nitrogen and oxygen atoms in total. The second-order valence-electron chi connectivity index (χ2n) is 2.04.